The van der Waals surface area contributed by atoms with Gasteiger partial charge in [0.2, 0.25) is 23.5 Å². The molecule has 7 amide bonds. The van der Waals surface area contributed by atoms with Crippen molar-refractivity contribution in [1.82, 2.24) is 34.6 Å². The van der Waals surface area contributed by atoms with Crippen LogP contribution in [-0.2, 0) is 52.3 Å². The number of aromatic nitrogens is 3. The summed E-state index contributed by atoms with van der Waals surface area (Å²) in [5, 5.41) is 10.9. The van der Waals surface area contributed by atoms with E-state index in [4.69, 9.17) is 23.7 Å². The maximum atomic E-state index is 13.3. The minimum Gasteiger partial charge on any atom is -0.493 e. The lowest BCUT2D eigenvalue weighted by Crippen LogP contribution is -2.35. The molecule has 2 aromatic heterocycles. The van der Waals surface area contributed by atoms with Gasteiger partial charge in [0.1, 0.15) is 11.8 Å². The zero-order valence-electron chi connectivity index (χ0n) is 42.2. The minimum absolute atomic E-state index is 0.00601. The number of aryl methyl sites for hydroxylation is 2. The van der Waals surface area contributed by atoms with Crippen molar-refractivity contribution >= 4 is 70.7 Å². The van der Waals surface area contributed by atoms with Gasteiger partial charge in [0.05, 0.1) is 64.0 Å². The number of imide groups is 1. The zero-order chi connectivity index (χ0) is 53.6. The second kappa shape index (κ2) is 25.5. The fraction of sp³-hybridized carbons (Fsp3) is 0.385. The molecule has 0 radical (unpaired) electrons. The molecule has 3 aliphatic rings. The predicted molar refractivity (Wildman–Crippen MR) is 273 cm³/mol. The van der Waals surface area contributed by atoms with Crippen LogP contribution in [0.5, 0.6) is 11.5 Å². The van der Waals surface area contributed by atoms with E-state index in [2.05, 4.69) is 37.8 Å². The number of carbonyl (C=O) groups is 8. The van der Waals surface area contributed by atoms with Crippen LogP contribution in [0.25, 0.3) is 11.1 Å². The Hall–Kier alpha value is -8.44. The van der Waals surface area contributed by atoms with Crippen molar-refractivity contribution in [2.45, 2.75) is 51.2 Å². The number of esters is 1. The molecule has 23 nitrogen and oxygen atoms in total. The predicted octanol–water partition coefficient (Wildman–Crippen LogP) is 3.49. The van der Waals surface area contributed by atoms with E-state index < -0.39 is 29.8 Å². The number of imidazole rings is 1. The molecule has 4 N–H and O–H groups in total. The first-order valence-electron chi connectivity index (χ1n) is 24.3. The van der Waals surface area contributed by atoms with Gasteiger partial charge in [-0.05, 0) is 49.6 Å². The summed E-state index contributed by atoms with van der Waals surface area (Å²) in [6, 6.07) is 11.8. The van der Waals surface area contributed by atoms with Crippen molar-refractivity contribution in [3.05, 3.63) is 96.2 Å². The first kappa shape index (κ1) is 54.3. The maximum absolute atomic E-state index is 13.3. The molecule has 4 aromatic rings. The Kier molecular flexibility index (Phi) is 18.5. The van der Waals surface area contributed by atoms with Crippen LogP contribution in [0.4, 0.5) is 17.2 Å². The van der Waals surface area contributed by atoms with Crippen LogP contribution in [0.1, 0.15) is 70.5 Å². The first-order chi connectivity index (χ1) is 36.1. The second-order valence-electron chi connectivity index (χ2n) is 17.8. The number of nitrogens with zero attached hydrogens (tertiary/aromatic N) is 6. The van der Waals surface area contributed by atoms with E-state index in [1.807, 2.05) is 0 Å². The number of carbonyl (C=O) groups excluding carboxylic acids is 8. The summed E-state index contributed by atoms with van der Waals surface area (Å²) in [6.45, 7) is 7.52. The number of aliphatic imine (C=N–C) groups is 1. The Morgan fingerprint density at radius 1 is 0.800 bits per heavy atom. The van der Waals surface area contributed by atoms with E-state index in [0.29, 0.717) is 53.5 Å². The SMILES string of the molecule is C=C1C[C@H]2C=Nc3cc(OCCCC(=O)Nc4cn(C)c(C(=O)Nc5ccc(-c6cc(C(=O)OC(C)CNC(=O)CCOCCOCCNC(=O)CCN7C(=O)C=CC7=O)n(C)c6)cc5)n4)c(OC)cc3C(=O)N2C1. The lowest BCUT2D eigenvalue weighted by atomic mass is 10.1. The van der Waals surface area contributed by atoms with Crippen LogP contribution in [0, 0.1) is 0 Å². The summed E-state index contributed by atoms with van der Waals surface area (Å²) in [4.78, 5) is 112. The highest BCUT2D eigenvalue weighted by Crippen LogP contribution is 2.38. The summed E-state index contributed by atoms with van der Waals surface area (Å²) in [7, 11) is 4.84. The molecule has 2 aromatic carbocycles. The van der Waals surface area contributed by atoms with Crippen molar-refractivity contribution in [2.24, 2.45) is 19.1 Å². The average Bonchev–Trinajstić information content (AvgIpc) is 4.15. The van der Waals surface area contributed by atoms with Gasteiger partial charge in [-0.2, -0.15) is 0 Å². The van der Waals surface area contributed by atoms with Crippen LogP contribution in [0.15, 0.2) is 84.2 Å². The number of benzene rings is 2. The lowest BCUT2D eigenvalue weighted by Gasteiger charge is -2.20. The average molecular weight is 1030 g/mol. The van der Waals surface area contributed by atoms with Crippen molar-refractivity contribution in [3.8, 4) is 22.6 Å². The van der Waals surface area contributed by atoms with Gasteiger partial charge in [0.15, 0.2) is 17.3 Å². The van der Waals surface area contributed by atoms with Crippen LogP contribution < -0.4 is 30.7 Å². The van der Waals surface area contributed by atoms with E-state index in [1.165, 1.54) is 30.0 Å². The zero-order valence-corrected chi connectivity index (χ0v) is 42.2. The fourth-order valence-electron chi connectivity index (χ4n) is 8.15. The number of fused-ring (bicyclic) bond motifs is 2. The van der Waals surface area contributed by atoms with Crippen LogP contribution in [-0.4, -0.2) is 156 Å². The Balaban J connectivity index is 0.764. The number of methoxy groups -OCH3 is 1. The molecule has 1 unspecified atom stereocenters. The highest BCUT2D eigenvalue weighted by Gasteiger charge is 2.34. The second-order valence-corrected chi connectivity index (χ2v) is 17.8. The van der Waals surface area contributed by atoms with Gasteiger partial charge in [-0.15, -0.1) is 0 Å². The minimum atomic E-state index is -0.633. The van der Waals surface area contributed by atoms with E-state index in [1.54, 1.807) is 85.4 Å². The monoisotopic (exact) mass is 1030 g/mol. The van der Waals surface area contributed by atoms with Crippen molar-refractivity contribution in [2.75, 3.05) is 77.0 Å². The van der Waals surface area contributed by atoms with E-state index in [9.17, 15) is 38.4 Å². The number of ether oxygens (including phenoxy) is 5. The summed E-state index contributed by atoms with van der Waals surface area (Å²) in [6.07, 6.45) is 7.95. The van der Waals surface area contributed by atoms with Gasteiger partial charge in [0.25, 0.3) is 23.6 Å². The largest absolute Gasteiger partial charge is 0.493 e. The molecule has 0 saturated carbocycles. The Labute approximate surface area is 432 Å². The van der Waals surface area contributed by atoms with Gasteiger partial charge >= 0.3 is 5.97 Å². The number of anilines is 2. The van der Waals surface area contributed by atoms with Gasteiger partial charge in [-0.3, -0.25) is 43.5 Å². The highest BCUT2D eigenvalue weighted by atomic mass is 16.5. The van der Waals surface area contributed by atoms with Gasteiger partial charge in [0, 0.05) is 101 Å². The third-order valence-corrected chi connectivity index (χ3v) is 12.1. The Bertz CT molecular complexity index is 2870. The third-order valence-electron chi connectivity index (χ3n) is 12.1. The Morgan fingerprint density at radius 3 is 2.28 bits per heavy atom. The fourth-order valence-corrected chi connectivity index (χ4v) is 8.15. The smallest absolute Gasteiger partial charge is 0.355 e. The van der Waals surface area contributed by atoms with Crippen LogP contribution >= 0.6 is 0 Å². The van der Waals surface area contributed by atoms with E-state index >= 15 is 0 Å². The molecule has 7 rings (SSSR count). The van der Waals surface area contributed by atoms with Gasteiger partial charge in [-0.25, -0.2) is 9.78 Å². The lowest BCUT2D eigenvalue weighted by molar-refractivity contribution is -0.137. The molecule has 23 heteroatoms. The molecular weight excluding hydrogens is 973 g/mol. The first-order valence-corrected chi connectivity index (χ1v) is 24.3. The van der Waals surface area contributed by atoms with E-state index in [0.717, 1.165) is 21.6 Å². The molecule has 2 atom stereocenters. The normalized spacial score (nSPS) is 15.1. The summed E-state index contributed by atoms with van der Waals surface area (Å²) >= 11 is 0. The summed E-state index contributed by atoms with van der Waals surface area (Å²) in [5.41, 5.74) is 4.14. The molecule has 0 bridgehead atoms. The number of rotatable bonds is 26. The Morgan fingerprint density at radius 2 is 1.53 bits per heavy atom. The van der Waals surface area contributed by atoms with E-state index in [-0.39, 0.29) is 113 Å². The summed E-state index contributed by atoms with van der Waals surface area (Å²) < 4.78 is 31.1. The molecule has 0 spiro atoms. The van der Waals surface area contributed by atoms with Crippen molar-refractivity contribution in [3.63, 3.8) is 0 Å². The standard InChI is InChI=1S/C52H60N10O13/c1-32-23-37-28-54-39-26-42(41(71-5)25-38(39)51(69)62(37)29-32)74-18-6-7-46(65)57-43-31-60(4)49(58-43)50(68)56-36-10-8-34(9-11-36)35-24-40(59(3)30-35)52(70)75-33(2)27-55-45(64)15-19-72-21-22-73-20-16-53-44(63)14-17-61-47(66)12-13-48(61)67/h8-13,24-26,28,30-31,33,37H,1,6-7,14-23,27,29H2,2-5H3,(H,53,63)(H,55,64)(H,56,68)(H,57,65)/t33?,37-/m0/s1. The molecule has 75 heavy (non-hydrogen) atoms. The molecule has 396 valence electrons. The molecule has 1 saturated heterocycles. The molecule has 5 heterocycles. The molecule has 0 aliphatic carbocycles. The molecular formula is C52H60N10O13. The maximum Gasteiger partial charge on any atom is 0.355 e. The number of nitrogens with one attached hydrogen (secondary N) is 4. The van der Waals surface area contributed by atoms with Gasteiger partial charge < -0.3 is 59.0 Å². The number of amides is 7. The van der Waals surface area contributed by atoms with Gasteiger partial charge in [-0.1, -0.05) is 24.3 Å². The topological polar surface area (TPSA) is 272 Å². The van der Waals surface area contributed by atoms with Crippen molar-refractivity contribution in [1.29, 1.82) is 0 Å². The summed E-state index contributed by atoms with van der Waals surface area (Å²) in [5.74, 6) is -1.99. The van der Waals surface area contributed by atoms with Crippen molar-refractivity contribution < 1.29 is 62.0 Å². The molecule has 3 aliphatic heterocycles. The third kappa shape index (κ3) is 14.6. The van der Waals surface area contributed by atoms with Crippen LogP contribution in [0.3, 0.4) is 0 Å². The number of hydrogen-bond acceptors (Lipinski definition) is 15. The number of hydrogen-bond donors (Lipinski definition) is 4. The quantitative estimate of drug-likeness (QED) is 0.0304. The highest BCUT2D eigenvalue weighted by molar-refractivity contribution is 6.13. The van der Waals surface area contributed by atoms with Crippen LogP contribution in [0.2, 0.25) is 0 Å². The molecule has 1 fully saturated rings.